The molecule has 2 aromatic rings. The van der Waals surface area contributed by atoms with Gasteiger partial charge in [-0.25, -0.2) is 9.37 Å². The van der Waals surface area contributed by atoms with Crippen LogP contribution in [-0.2, 0) is 11.3 Å². The molecule has 2 atom stereocenters. The predicted octanol–water partition coefficient (Wildman–Crippen LogP) is 3.80. The smallest absolute Gasteiger partial charge is 0.191 e. The Kier molecular flexibility index (Phi) is 9.29. The number of nitrogens with zero attached hydrogens (tertiary/aromatic N) is 3. The Bertz CT molecular complexity index is 846. The van der Waals surface area contributed by atoms with E-state index < -0.39 is 0 Å². The molecular weight excluding hydrogens is 496 g/mol. The van der Waals surface area contributed by atoms with Gasteiger partial charge in [-0.05, 0) is 49.6 Å². The molecule has 1 fully saturated rings. The van der Waals surface area contributed by atoms with Gasteiger partial charge in [0.15, 0.2) is 5.96 Å². The van der Waals surface area contributed by atoms with Crippen molar-refractivity contribution >= 4 is 35.8 Å². The average molecular weight is 527 g/mol. The van der Waals surface area contributed by atoms with E-state index >= 15 is 0 Å². The minimum absolute atomic E-state index is 0. The number of pyridine rings is 1. The van der Waals surface area contributed by atoms with E-state index in [0.717, 1.165) is 36.6 Å². The third-order valence-electron chi connectivity index (χ3n) is 5.11. The second kappa shape index (κ2) is 11.5. The molecule has 8 heteroatoms. The average Bonchev–Trinajstić information content (AvgIpc) is 2.73. The van der Waals surface area contributed by atoms with Crippen molar-refractivity contribution in [1.82, 2.24) is 15.6 Å². The molecule has 2 unspecified atom stereocenters. The van der Waals surface area contributed by atoms with Gasteiger partial charge in [0.05, 0.1) is 18.8 Å². The maximum Gasteiger partial charge on any atom is 0.191 e. The van der Waals surface area contributed by atoms with E-state index in [1.807, 2.05) is 25.3 Å². The molecule has 6 nitrogen and oxygen atoms in total. The lowest BCUT2D eigenvalue weighted by molar-refractivity contribution is 0.0529. The molecule has 0 spiro atoms. The highest BCUT2D eigenvalue weighted by atomic mass is 127. The molecule has 1 aliphatic rings. The van der Waals surface area contributed by atoms with Crippen LogP contribution in [0.1, 0.15) is 36.6 Å². The maximum absolute atomic E-state index is 13.8. The number of anilines is 1. The standard InChI is InChI=1S/C22H30FN5O.HI/c1-15-5-7-19(11-20(15)23)17(3)27-22(24-4)26-13-18-6-8-21(25-12-18)28-9-10-29-16(2)14-28;/h5-8,11-12,16-17H,9-10,13-14H2,1-4H3,(H2,24,26,27);1H. The van der Waals surface area contributed by atoms with Crippen LogP contribution >= 0.6 is 24.0 Å². The van der Waals surface area contributed by atoms with Gasteiger partial charge in [-0.2, -0.15) is 0 Å². The lowest BCUT2D eigenvalue weighted by Crippen LogP contribution is -2.41. The summed E-state index contributed by atoms with van der Waals surface area (Å²) in [5.41, 5.74) is 2.58. The van der Waals surface area contributed by atoms with Gasteiger partial charge in [-0.15, -0.1) is 24.0 Å². The second-order valence-corrected chi connectivity index (χ2v) is 7.45. The summed E-state index contributed by atoms with van der Waals surface area (Å²) in [7, 11) is 1.72. The Morgan fingerprint density at radius 1 is 1.37 bits per heavy atom. The van der Waals surface area contributed by atoms with Gasteiger partial charge in [0, 0.05) is 32.9 Å². The zero-order valence-corrected chi connectivity index (χ0v) is 20.3. The monoisotopic (exact) mass is 527 g/mol. The first-order valence-electron chi connectivity index (χ1n) is 10.0. The van der Waals surface area contributed by atoms with Crippen LogP contribution in [0.5, 0.6) is 0 Å². The van der Waals surface area contributed by atoms with Crippen molar-refractivity contribution in [2.75, 3.05) is 31.6 Å². The largest absolute Gasteiger partial charge is 0.375 e. The first kappa shape index (κ1) is 24.3. The molecule has 0 aliphatic carbocycles. The predicted molar refractivity (Wildman–Crippen MR) is 130 cm³/mol. The number of aryl methyl sites for hydroxylation is 1. The normalized spacial score (nSPS) is 17.8. The van der Waals surface area contributed by atoms with Crippen LogP contribution in [0, 0.1) is 12.7 Å². The maximum atomic E-state index is 13.8. The molecule has 30 heavy (non-hydrogen) atoms. The van der Waals surface area contributed by atoms with E-state index in [2.05, 4.69) is 38.5 Å². The van der Waals surface area contributed by atoms with E-state index in [-0.39, 0.29) is 41.9 Å². The fourth-order valence-corrected chi connectivity index (χ4v) is 3.28. The summed E-state index contributed by atoms with van der Waals surface area (Å²) in [6, 6.07) is 9.33. The molecule has 1 aliphatic heterocycles. The summed E-state index contributed by atoms with van der Waals surface area (Å²) in [4.78, 5) is 11.1. The third-order valence-corrected chi connectivity index (χ3v) is 5.11. The molecule has 164 valence electrons. The van der Waals surface area contributed by atoms with Crippen molar-refractivity contribution < 1.29 is 9.13 Å². The van der Waals surface area contributed by atoms with Crippen molar-refractivity contribution in [3.63, 3.8) is 0 Å². The number of hydrogen-bond donors (Lipinski definition) is 2. The Morgan fingerprint density at radius 3 is 2.80 bits per heavy atom. The van der Waals surface area contributed by atoms with Crippen LogP contribution in [0.15, 0.2) is 41.5 Å². The first-order valence-corrected chi connectivity index (χ1v) is 10.0. The number of hydrogen-bond acceptors (Lipinski definition) is 4. The van der Waals surface area contributed by atoms with Crippen molar-refractivity contribution in [1.29, 1.82) is 0 Å². The van der Waals surface area contributed by atoms with Gasteiger partial charge >= 0.3 is 0 Å². The molecule has 0 bridgehead atoms. The Morgan fingerprint density at radius 2 is 2.17 bits per heavy atom. The number of ether oxygens (including phenoxy) is 1. The van der Waals surface area contributed by atoms with E-state index in [1.54, 1.807) is 26.1 Å². The minimum atomic E-state index is -0.195. The van der Waals surface area contributed by atoms with E-state index in [9.17, 15) is 4.39 Å². The van der Waals surface area contributed by atoms with Gasteiger partial charge in [0.2, 0.25) is 0 Å². The van der Waals surface area contributed by atoms with Gasteiger partial charge in [-0.1, -0.05) is 18.2 Å². The van der Waals surface area contributed by atoms with Crippen LogP contribution in [0.2, 0.25) is 0 Å². The lowest BCUT2D eigenvalue weighted by atomic mass is 10.1. The summed E-state index contributed by atoms with van der Waals surface area (Å²) in [5.74, 6) is 1.44. The third kappa shape index (κ3) is 6.53. The minimum Gasteiger partial charge on any atom is -0.375 e. The number of guanidine groups is 1. The van der Waals surface area contributed by atoms with Gasteiger partial charge < -0.3 is 20.3 Å². The number of morpholine rings is 1. The van der Waals surface area contributed by atoms with E-state index in [0.29, 0.717) is 18.1 Å². The van der Waals surface area contributed by atoms with Crippen LogP contribution in [0.3, 0.4) is 0 Å². The van der Waals surface area contributed by atoms with E-state index in [1.165, 1.54) is 0 Å². The summed E-state index contributed by atoms with van der Waals surface area (Å²) in [6.07, 6.45) is 2.11. The lowest BCUT2D eigenvalue weighted by Gasteiger charge is -2.32. The fourth-order valence-electron chi connectivity index (χ4n) is 3.28. The Labute approximate surface area is 195 Å². The van der Waals surface area contributed by atoms with Crippen LogP contribution in [0.4, 0.5) is 10.2 Å². The number of aliphatic imine (C=N–C) groups is 1. The fraction of sp³-hybridized carbons (Fsp3) is 0.455. The SMILES string of the molecule is CN=C(NCc1ccc(N2CCOC(C)C2)nc1)NC(C)c1ccc(C)c(F)c1.I. The number of nitrogens with one attached hydrogen (secondary N) is 2. The quantitative estimate of drug-likeness (QED) is 0.352. The number of halogens is 2. The van der Waals surface area contributed by atoms with Crippen LogP contribution in [0.25, 0.3) is 0 Å². The van der Waals surface area contributed by atoms with Crippen molar-refractivity contribution in [2.45, 2.75) is 39.5 Å². The topological polar surface area (TPSA) is 61.8 Å². The number of benzene rings is 1. The zero-order valence-electron chi connectivity index (χ0n) is 18.0. The molecule has 0 amide bonds. The van der Waals surface area contributed by atoms with Crippen molar-refractivity contribution in [3.8, 4) is 0 Å². The van der Waals surface area contributed by atoms with Gasteiger partial charge in [0.25, 0.3) is 0 Å². The van der Waals surface area contributed by atoms with Gasteiger partial charge in [0.1, 0.15) is 11.6 Å². The molecule has 2 N–H and O–H groups in total. The molecule has 0 saturated carbocycles. The molecular formula is C22H31FIN5O. The highest BCUT2D eigenvalue weighted by molar-refractivity contribution is 14.0. The zero-order chi connectivity index (χ0) is 20.8. The number of aromatic nitrogens is 1. The molecule has 1 aromatic heterocycles. The molecule has 1 saturated heterocycles. The Hall–Kier alpha value is -1.94. The molecule has 0 radical (unpaired) electrons. The molecule has 3 rings (SSSR count). The summed E-state index contributed by atoms with van der Waals surface area (Å²) < 4.78 is 19.4. The highest BCUT2D eigenvalue weighted by Crippen LogP contribution is 2.17. The van der Waals surface area contributed by atoms with Crippen LogP contribution in [-0.4, -0.2) is 43.8 Å². The Balaban J connectivity index is 0.00000320. The molecule has 2 heterocycles. The van der Waals surface area contributed by atoms with E-state index in [4.69, 9.17) is 4.74 Å². The summed E-state index contributed by atoms with van der Waals surface area (Å²) >= 11 is 0. The first-order chi connectivity index (χ1) is 14.0. The highest BCUT2D eigenvalue weighted by Gasteiger charge is 2.17. The molecule has 1 aromatic carbocycles. The van der Waals surface area contributed by atoms with Crippen molar-refractivity contribution in [3.05, 3.63) is 59.0 Å². The second-order valence-electron chi connectivity index (χ2n) is 7.45. The summed E-state index contributed by atoms with van der Waals surface area (Å²) in [6.45, 7) is 8.88. The van der Waals surface area contributed by atoms with Crippen molar-refractivity contribution in [2.24, 2.45) is 4.99 Å². The van der Waals surface area contributed by atoms with Crippen LogP contribution < -0.4 is 15.5 Å². The number of rotatable bonds is 5. The summed E-state index contributed by atoms with van der Waals surface area (Å²) in [5, 5.41) is 6.59. The van der Waals surface area contributed by atoms with Gasteiger partial charge in [-0.3, -0.25) is 4.99 Å².